The number of thiocarbonyl (C=S) groups is 1. The van der Waals surface area contributed by atoms with Gasteiger partial charge in [-0.2, -0.15) is 0 Å². The van der Waals surface area contributed by atoms with E-state index in [1.54, 1.807) is 50.7 Å². The lowest BCUT2D eigenvalue weighted by molar-refractivity contribution is -0.117. The zero-order chi connectivity index (χ0) is 25.7. The minimum absolute atomic E-state index is 0.0694. The van der Waals surface area contributed by atoms with Gasteiger partial charge in [0.2, 0.25) is 0 Å². The Labute approximate surface area is 224 Å². The Hall–Kier alpha value is -3.19. The highest BCUT2D eigenvalue weighted by atomic mass is 35.5. The van der Waals surface area contributed by atoms with Crippen LogP contribution in [0.15, 0.2) is 66.9 Å². The Bertz CT molecular complexity index is 1400. The first-order chi connectivity index (χ1) is 17.4. The molecule has 0 aliphatic carbocycles. The van der Waals surface area contributed by atoms with Crippen LogP contribution in [0.1, 0.15) is 17.5 Å². The standard InChI is InChI=1S/C28H23Cl2NO4S/c1-33-26-15-21-24(16-27(26)34-2)31-9-8-25(21)35-28-22(29)12-18(13-23(28)30)11-20(36)14-19(32)10-17-6-4-3-5-7-17/h3-9,12-13,15-16H,10-11,14H2,1-2H3. The third-order valence-electron chi connectivity index (χ3n) is 5.52. The number of methoxy groups -OCH3 is 2. The number of halogens is 2. The maximum absolute atomic E-state index is 12.4. The summed E-state index contributed by atoms with van der Waals surface area (Å²) in [6.45, 7) is 0. The summed E-state index contributed by atoms with van der Waals surface area (Å²) >= 11 is 18.6. The molecule has 0 saturated heterocycles. The van der Waals surface area contributed by atoms with E-state index in [0.717, 1.165) is 11.1 Å². The highest BCUT2D eigenvalue weighted by Crippen LogP contribution is 2.41. The third kappa shape index (κ3) is 6.13. The molecule has 0 radical (unpaired) electrons. The molecule has 8 heteroatoms. The number of pyridine rings is 1. The summed E-state index contributed by atoms with van der Waals surface area (Å²) in [5.41, 5.74) is 2.44. The average molecular weight is 540 g/mol. The highest BCUT2D eigenvalue weighted by Gasteiger charge is 2.16. The zero-order valence-electron chi connectivity index (χ0n) is 19.7. The molecule has 3 aromatic carbocycles. The number of hydrogen-bond acceptors (Lipinski definition) is 6. The van der Waals surface area contributed by atoms with Gasteiger partial charge in [0, 0.05) is 41.8 Å². The van der Waals surface area contributed by atoms with E-state index >= 15 is 0 Å². The topological polar surface area (TPSA) is 57.7 Å². The Balaban J connectivity index is 1.50. The molecule has 0 bridgehead atoms. The Morgan fingerprint density at radius 3 is 2.19 bits per heavy atom. The van der Waals surface area contributed by atoms with Crippen molar-refractivity contribution in [2.24, 2.45) is 0 Å². The number of aromatic nitrogens is 1. The molecule has 1 aromatic heterocycles. The fraction of sp³-hybridized carbons (Fsp3) is 0.179. The van der Waals surface area contributed by atoms with Crippen LogP contribution in [-0.4, -0.2) is 29.9 Å². The molecule has 0 atom stereocenters. The molecule has 36 heavy (non-hydrogen) atoms. The second-order valence-electron chi connectivity index (χ2n) is 8.12. The maximum atomic E-state index is 12.4. The van der Waals surface area contributed by atoms with Crippen LogP contribution in [0.3, 0.4) is 0 Å². The van der Waals surface area contributed by atoms with Gasteiger partial charge in [-0.05, 0) is 35.4 Å². The number of carbonyl (C=O) groups is 1. The lowest BCUT2D eigenvalue weighted by atomic mass is 10.0. The van der Waals surface area contributed by atoms with Gasteiger partial charge in [-0.25, -0.2) is 0 Å². The SMILES string of the molecule is COc1cc2nccc(Oc3c(Cl)cc(CC(=S)CC(=O)Cc4ccccc4)cc3Cl)c2cc1OC. The number of ether oxygens (including phenoxy) is 3. The molecule has 0 unspecified atom stereocenters. The second-order valence-corrected chi connectivity index (χ2v) is 9.51. The molecule has 0 amide bonds. The van der Waals surface area contributed by atoms with Gasteiger partial charge >= 0.3 is 0 Å². The number of fused-ring (bicyclic) bond motifs is 1. The van der Waals surface area contributed by atoms with Gasteiger partial charge in [-0.3, -0.25) is 9.78 Å². The van der Waals surface area contributed by atoms with Crippen LogP contribution >= 0.6 is 35.4 Å². The smallest absolute Gasteiger partial charge is 0.164 e. The van der Waals surface area contributed by atoms with Crippen LogP contribution in [-0.2, 0) is 17.6 Å². The van der Waals surface area contributed by atoms with E-state index in [1.165, 1.54) is 0 Å². The molecule has 0 N–H and O–H groups in total. The lowest BCUT2D eigenvalue weighted by Gasteiger charge is -2.15. The first kappa shape index (κ1) is 25.9. The maximum Gasteiger partial charge on any atom is 0.164 e. The van der Waals surface area contributed by atoms with Gasteiger partial charge in [0.15, 0.2) is 17.2 Å². The summed E-state index contributed by atoms with van der Waals surface area (Å²) in [7, 11) is 3.13. The number of rotatable bonds is 10. The Morgan fingerprint density at radius 1 is 0.861 bits per heavy atom. The van der Waals surface area contributed by atoms with Gasteiger partial charge in [-0.15, -0.1) is 0 Å². The molecule has 4 rings (SSSR count). The first-order valence-corrected chi connectivity index (χ1v) is 12.3. The van der Waals surface area contributed by atoms with Gasteiger partial charge < -0.3 is 14.2 Å². The molecular formula is C28H23Cl2NO4S. The molecule has 0 spiro atoms. The summed E-state index contributed by atoms with van der Waals surface area (Å²) in [5.74, 6) is 2.01. The van der Waals surface area contributed by atoms with Crippen LogP contribution in [0.2, 0.25) is 10.0 Å². The van der Waals surface area contributed by atoms with Gasteiger partial charge in [0.1, 0.15) is 11.5 Å². The van der Waals surface area contributed by atoms with Crippen molar-refractivity contribution >= 4 is 57.0 Å². The number of nitrogens with zero attached hydrogens (tertiary/aromatic N) is 1. The van der Waals surface area contributed by atoms with Crippen LogP contribution in [0, 0.1) is 0 Å². The minimum atomic E-state index is 0.0694. The highest BCUT2D eigenvalue weighted by molar-refractivity contribution is 7.80. The van der Waals surface area contributed by atoms with Crippen LogP contribution in [0.5, 0.6) is 23.0 Å². The lowest BCUT2D eigenvalue weighted by Crippen LogP contribution is -2.11. The van der Waals surface area contributed by atoms with Crippen LogP contribution in [0.25, 0.3) is 10.9 Å². The number of Topliss-reactive ketones (excluding diaryl/α,β-unsaturated/α-hetero) is 1. The van der Waals surface area contributed by atoms with Crippen molar-refractivity contribution in [1.82, 2.24) is 4.98 Å². The number of carbonyl (C=O) groups excluding carboxylic acids is 1. The predicted molar refractivity (Wildman–Crippen MR) is 147 cm³/mol. The molecule has 4 aromatic rings. The molecule has 0 aliphatic heterocycles. The minimum Gasteiger partial charge on any atom is -0.493 e. The Kier molecular flexibility index (Phi) is 8.41. The monoisotopic (exact) mass is 539 g/mol. The van der Waals surface area contributed by atoms with Crippen molar-refractivity contribution in [3.63, 3.8) is 0 Å². The zero-order valence-corrected chi connectivity index (χ0v) is 22.0. The fourth-order valence-electron chi connectivity index (χ4n) is 3.85. The largest absolute Gasteiger partial charge is 0.493 e. The van der Waals surface area contributed by atoms with Crippen molar-refractivity contribution < 1.29 is 19.0 Å². The summed E-state index contributed by atoms with van der Waals surface area (Å²) in [4.78, 5) is 17.4. The van der Waals surface area contributed by atoms with Crippen LogP contribution < -0.4 is 14.2 Å². The number of benzene rings is 3. The first-order valence-electron chi connectivity index (χ1n) is 11.1. The summed E-state index contributed by atoms with van der Waals surface area (Å²) in [6, 6.07) is 18.4. The van der Waals surface area contributed by atoms with Crippen molar-refractivity contribution in [1.29, 1.82) is 0 Å². The summed E-state index contributed by atoms with van der Waals surface area (Å²) in [5, 5.41) is 1.38. The normalized spacial score (nSPS) is 10.8. The van der Waals surface area contributed by atoms with Crippen molar-refractivity contribution in [2.75, 3.05) is 14.2 Å². The Morgan fingerprint density at radius 2 is 1.53 bits per heavy atom. The molecule has 184 valence electrons. The summed E-state index contributed by atoms with van der Waals surface area (Å²) < 4.78 is 16.9. The van der Waals surface area contributed by atoms with Crippen molar-refractivity contribution in [3.05, 3.63) is 88.0 Å². The molecule has 0 fully saturated rings. The van der Waals surface area contributed by atoms with Gasteiger partial charge in [-0.1, -0.05) is 65.8 Å². The van der Waals surface area contributed by atoms with Crippen molar-refractivity contribution in [3.8, 4) is 23.0 Å². The quantitative estimate of drug-likeness (QED) is 0.195. The molecule has 0 aliphatic rings. The molecule has 5 nitrogen and oxygen atoms in total. The molecular weight excluding hydrogens is 517 g/mol. The third-order valence-corrected chi connectivity index (χ3v) is 6.37. The van der Waals surface area contributed by atoms with E-state index in [0.29, 0.717) is 61.7 Å². The molecule has 1 heterocycles. The van der Waals surface area contributed by atoms with E-state index in [2.05, 4.69) is 4.98 Å². The van der Waals surface area contributed by atoms with E-state index < -0.39 is 0 Å². The van der Waals surface area contributed by atoms with E-state index in [1.807, 2.05) is 30.3 Å². The average Bonchev–Trinajstić information content (AvgIpc) is 2.85. The van der Waals surface area contributed by atoms with Gasteiger partial charge in [0.25, 0.3) is 0 Å². The predicted octanol–water partition coefficient (Wildman–Crippen LogP) is 7.47. The van der Waals surface area contributed by atoms with Crippen LogP contribution in [0.4, 0.5) is 0 Å². The second kappa shape index (κ2) is 11.7. The number of hydrogen-bond donors (Lipinski definition) is 0. The van der Waals surface area contributed by atoms with E-state index in [9.17, 15) is 4.79 Å². The summed E-state index contributed by atoms with van der Waals surface area (Å²) in [6.07, 6.45) is 2.60. The van der Waals surface area contributed by atoms with E-state index in [-0.39, 0.29) is 12.2 Å². The van der Waals surface area contributed by atoms with E-state index in [4.69, 9.17) is 49.6 Å². The van der Waals surface area contributed by atoms with Crippen molar-refractivity contribution in [2.45, 2.75) is 19.3 Å². The number of ketones is 1. The van der Waals surface area contributed by atoms with Gasteiger partial charge in [0.05, 0.1) is 29.8 Å². The fourth-order valence-corrected chi connectivity index (χ4v) is 4.79. The molecule has 0 saturated carbocycles.